The first-order chi connectivity index (χ1) is 18.1. The van der Waals surface area contributed by atoms with Crippen LogP contribution in [0.1, 0.15) is 47.3 Å². The third-order valence-electron chi connectivity index (χ3n) is 5.79. The average Bonchev–Trinajstić information content (AvgIpc) is 3.66. The molecule has 1 saturated carbocycles. The number of aromatic nitrogens is 2. The van der Waals surface area contributed by atoms with Gasteiger partial charge in [0.25, 0.3) is 21.9 Å². The van der Waals surface area contributed by atoms with Crippen LogP contribution in [-0.4, -0.2) is 54.5 Å². The summed E-state index contributed by atoms with van der Waals surface area (Å²) in [5.74, 6) is 0.497. The van der Waals surface area contributed by atoms with Gasteiger partial charge < -0.3 is 15.3 Å². The summed E-state index contributed by atoms with van der Waals surface area (Å²) in [6, 6.07) is 2.87. The van der Waals surface area contributed by atoms with Crippen LogP contribution < -0.4 is 14.9 Å². The highest BCUT2D eigenvalue weighted by Crippen LogP contribution is 2.37. The van der Waals surface area contributed by atoms with Crippen LogP contribution in [0.4, 0.5) is 38.3 Å². The molecule has 0 radical (unpaired) electrons. The number of sulfonamides is 1. The number of amides is 2. The summed E-state index contributed by atoms with van der Waals surface area (Å²) in [5, 5.41) is 10.3. The van der Waals surface area contributed by atoms with E-state index in [1.165, 1.54) is 4.72 Å². The Hall–Kier alpha value is -4.00. The topological polar surface area (TPSA) is 142 Å². The lowest BCUT2D eigenvalue weighted by Crippen LogP contribution is -2.41. The van der Waals surface area contributed by atoms with E-state index in [1.54, 1.807) is 0 Å². The first kappa shape index (κ1) is 28.0. The zero-order chi connectivity index (χ0) is 28.6. The molecule has 1 saturated heterocycles. The number of hydrogen-bond donors (Lipinski definition) is 3. The number of carbonyl (C=O) groups excluding carboxylic acids is 1. The Morgan fingerprint density at radius 3 is 2.41 bits per heavy atom. The van der Waals surface area contributed by atoms with Crippen molar-refractivity contribution in [1.82, 2.24) is 14.7 Å². The van der Waals surface area contributed by atoms with Gasteiger partial charge in [0.05, 0.1) is 11.1 Å². The first-order valence-electron chi connectivity index (χ1n) is 11.4. The van der Waals surface area contributed by atoms with Gasteiger partial charge >= 0.3 is 12.3 Å². The number of rotatable bonds is 5. The van der Waals surface area contributed by atoms with E-state index in [0.717, 1.165) is 42.1 Å². The van der Waals surface area contributed by atoms with Crippen molar-refractivity contribution in [1.29, 1.82) is 0 Å². The second-order valence-electron chi connectivity index (χ2n) is 8.89. The van der Waals surface area contributed by atoms with Crippen LogP contribution in [0.2, 0.25) is 0 Å². The average molecular weight is 574 g/mol. The largest absolute Gasteiger partial charge is 0.464 e. The second kappa shape index (κ2) is 10.3. The summed E-state index contributed by atoms with van der Waals surface area (Å²) in [5.41, 5.74) is -2.54. The minimum atomic E-state index is -4.96. The number of piperidine rings is 1. The molecule has 1 aliphatic carbocycles. The number of carbonyl (C=O) groups is 2. The summed E-state index contributed by atoms with van der Waals surface area (Å²) in [6.45, 7) is -0.744. The Labute approximate surface area is 218 Å². The standard InChI is InChI=1S/C23H20F5N5O5S/c24-22(25)6-9-33(10-7-22)19-16(11-14(4-3-13-1-2-13)18(31-19)23(26,27)28)20(34)30-15-5-8-29-17(12-15)39(37,38)32-21(35)36/h5,8,11-13,32H,1-2,6-7,9-10H2,(H,35,36)(H,29,30,34). The van der Waals surface area contributed by atoms with E-state index in [4.69, 9.17) is 5.11 Å². The number of hydrogen-bond acceptors (Lipinski definition) is 7. The zero-order valence-corrected chi connectivity index (χ0v) is 20.7. The molecule has 2 fully saturated rings. The molecular formula is C23H20F5N5O5S. The molecule has 3 N–H and O–H groups in total. The van der Waals surface area contributed by atoms with E-state index in [1.807, 2.05) is 0 Å². The number of nitrogens with zero attached hydrogens (tertiary/aromatic N) is 3. The molecule has 16 heteroatoms. The maximum absolute atomic E-state index is 13.9. The lowest BCUT2D eigenvalue weighted by Gasteiger charge is -2.34. The Morgan fingerprint density at radius 1 is 1.15 bits per heavy atom. The number of nitrogens with one attached hydrogen (secondary N) is 2. The quantitative estimate of drug-likeness (QED) is 0.363. The van der Waals surface area contributed by atoms with Crippen molar-refractivity contribution in [2.45, 2.75) is 42.8 Å². The van der Waals surface area contributed by atoms with Crippen LogP contribution in [0.3, 0.4) is 0 Å². The lowest BCUT2D eigenvalue weighted by atomic mass is 10.0. The minimum Gasteiger partial charge on any atom is -0.464 e. The molecular weight excluding hydrogens is 553 g/mol. The Balaban J connectivity index is 1.75. The van der Waals surface area contributed by atoms with Gasteiger partial charge in [-0.05, 0) is 25.0 Å². The normalized spacial score (nSPS) is 17.1. The maximum Gasteiger partial charge on any atom is 0.434 e. The number of carboxylic acid groups (broad SMARTS) is 1. The molecule has 2 aromatic rings. The number of anilines is 2. The molecule has 0 atom stereocenters. The van der Waals surface area contributed by atoms with Gasteiger partial charge in [0.15, 0.2) is 10.7 Å². The monoisotopic (exact) mass is 573 g/mol. The minimum absolute atomic E-state index is 0.0797. The van der Waals surface area contributed by atoms with Gasteiger partial charge in [0, 0.05) is 49.8 Å². The predicted octanol–water partition coefficient (Wildman–Crippen LogP) is 3.70. The Bertz CT molecular complexity index is 1470. The van der Waals surface area contributed by atoms with Gasteiger partial charge in [-0.15, -0.1) is 0 Å². The van der Waals surface area contributed by atoms with Crippen LogP contribution in [0.5, 0.6) is 0 Å². The van der Waals surface area contributed by atoms with Crippen molar-refractivity contribution in [3.8, 4) is 11.8 Å². The van der Waals surface area contributed by atoms with Crippen LogP contribution in [0.15, 0.2) is 29.4 Å². The molecule has 3 heterocycles. The molecule has 0 spiro atoms. The summed E-state index contributed by atoms with van der Waals surface area (Å²) >= 11 is 0. The maximum atomic E-state index is 13.9. The Kier molecular flexibility index (Phi) is 7.39. The molecule has 2 aromatic heterocycles. The molecule has 0 aromatic carbocycles. The van der Waals surface area contributed by atoms with Gasteiger partial charge in [0.2, 0.25) is 0 Å². The van der Waals surface area contributed by atoms with E-state index < -0.39 is 74.6 Å². The van der Waals surface area contributed by atoms with Crippen molar-refractivity contribution >= 4 is 33.5 Å². The van der Waals surface area contributed by atoms with E-state index >= 15 is 0 Å². The summed E-state index contributed by atoms with van der Waals surface area (Å²) < 4.78 is 94.7. The molecule has 0 bridgehead atoms. The SMILES string of the molecule is O=C(O)NS(=O)(=O)c1cc(NC(=O)c2cc(C#CC3CC3)c(C(F)(F)F)nc2N2CCC(F)(F)CC2)ccn1. The molecule has 4 rings (SSSR count). The fourth-order valence-electron chi connectivity index (χ4n) is 3.68. The highest BCUT2D eigenvalue weighted by atomic mass is 32.2. The molecule has 10 nitrogen and oxygen atoms in total. The fourth-order valence-corrected chi connectivity index (χ4v) is 4.49. The Morgan fingerprint density at radius 2 is 1.82 bits per heavy atom. The van der Waals surface area contributed by atoms with Gasteiger partial charge in [-0.3, -0.25) is 4.79 Å². The predicted molar refractivity (Wildman–Crippen MR) is 126 cm³/mol. The van der Waals surface area contributed by atoms with Gasteiger partial charge in [-0.1, -0.05) is 11.8 Å². The lowest BCUT2D eigenvalue weighted by molar-refractivity contribution is -0.141. The molecule has 0 unspecified atom stereocenters. The fraction of sp³-hybridized carbons (Fsp3) is 0.391. The molecule has 39 heavy (non-hydrogen) atoms. The molecule has 208 valence electrons. The third kappa shape index (κ3) is 6.91. The smallest absolute Gasteiger partial charge is 0.434 e. The highest BCUT2D eigenvalue weighted by molar-refractivity contribution is 7.90. The number of halogens is 5. The molecule has 2 amide bonds. The zero-order valence-electron chi connectivity index (χ0n) is 19.8. The van der Waals surface area contributed by atoms with Crippen molar-refractivity contribution < 1.29 is 45.1 Å². The van der Waals surface area contributed by atoms with Crippen molar-refractivity contribution in [3.63, 3.8) is 0 Å². The summed E-state index contributed by atoms with van der Waals surface area (Å²) in [6.07, 6.45) is -5.76. The molecule has 1 aliphatic heterocycles. The highest BCUT2D eigenvalue weighted by Gasteiger charge is 2.40. The molecule has 2 aliphatic rings. The summed E-state index contributed by atoms with van der Waals surface area (Å²) in [7, 11) is -4.60. The van der Waals surface area contributed by atoms with Gasteiger partial charge in [-0.25, -0.2) is 28.3 Å². The summed E-state index contributed by atoms with van der Waals surface area (Å²) in [4.78, 5) is 32.4. The first-order valence-corrected chi connectivity index (χ1v) is 12.9. The van der Waals surface area contributed by atoms with Crippen molar-refractivity contribution in [2.24, 2.45) is 5.92 Å². The van der Waals surface area contributed by atoms with E-state index in [2.05, 4.69) is 27.1 Å². The van der Waals surface area contributed by atoms with E-state index in [-0.39, 0.29) is 24.7 Å². The van der Waals surface area contributed by atoms with Crippen LogP contribution in [0, 0.1) is 17.8 Å². The van der Waals surface area contributed by atoms with E-state index in [9.17, 15) is 40.0 Å². The van der Waals surface area contributed by atoms with E-state index in [0.29, 0.717) is 0 Å². The van der Waals surface area contributed by atoms with Crippen molar-refractivity contribution in [2.75, 3.05) is 23.3 Å². The van der Waals surface area contributed by atoms with Gasteiger partial charge in [0.1, 0.15) is 5.82 Å². The van der Waals surface area contributed by atoms with Crippen LogP contribution in [-0.2, 0) is 16.2 Å². The van der Waals surface area contributed by atoms with Gasteiger partial charge in [-0.2, -0.15) is 21.6 Å². The van der Waals surface area contributed by atoms with Crippen LogP contribution >= 0.6 is 0 Å². The second-order valence-corrected chi connectivity index (χ2v) is 10.5. The third-order valence-corrected chi connectivity index (χ3v) is 7.01. The van der Waals surface area contributed by atoms with Crippen molar-refractivity contribution in [3.05, 3.63) is 41.2 Å². The number of alkyl halides is 5. The van der Waals surface area contributed by atoms with Crippen LogP contribution in [0.25, 0.3) is 0 Å². The number of pyridine rings is 2.